The number of nitrogens with zero attached hydrogens (tertiary/aromatic N) is 3. The number of nitrogens with one attached hydrogen (secondary N) is 1. The second kappa shape index (κ2) is 7.58. The first kappa shape index (κ1) is 17.3. The van der Waals surface area contributed by atoms with Gasteiger partial charge in [-0.3, -0.25) is 0 Å². The van der Waals surface area contributed by atoms with Gasteiger partial charge < -0.3 is 15.0 Å². The molecule has 0 bridgehead atoms. The van der Waals surface area contributed by atoms with E-state index in [0.29, 0.717) is 17.9 Å². The Bertz CT molecular complexity index is 702. The van der Waals surface area contributed by atoms with Crippen molar-refractivity contribution in [2.45, 2.75) is 25.6 Å². The molecule has 134 valence electrons. The van der Waals surface area contributed by atoms with Crippen molar-refractivity contribution in [3.63, 3.8) is 0 Å². The maximum atomic E-state index is 12.4. The summed E-state index contributed by atoms with van der Waals surface area (Å²) in [4.78, 5) is 10.6. The number of para-hydroxylation sites is 1. The molecule has 0 aliphatic carbocycles. The fourth-order valence-electron chi connectivity index (χ4n) is 2.70. The second-order valence-corrected chi connectivity index (χ2v) is 5.82. The predicted octanol–water partition coefficient (Wildman–Crippen LogP) is 3.63. The van der Waals surface area contributed by atoms with Crippen molar-refractivity contribution < 1.29 is 17.9 Å². The van der Waals surface area contributed by atoms with Gasteiger partial charge in [0.2, 0.25) is 0 Å². The summed E-state index contributed by atoms with van der Waals surface area (Å²) in [6, 6.07) is 8.50. The number of anilines is 2. The number of halogens is 3. The fraction of sp³-hybridized carbons (Fsp3) is 0.412. The minimum absolute atomic E-state index is 0.209. The molecular formula is C17H19F3N4O. The van der Waals surface area contributed by atoms with Crippen LogP contribution in [0.2, 0.25) is 0 Å². The van der Waals surface area contributed by atoms with Crippen molar-refractivity contribution in [2.24, 2.45) is 0 Å². The van der Waals surface area contributed by atoms with Crippen LogP contribution in [-0.4, -0.2) is 35.8 Å². The molecule has 0 atom stereocenters. The van der Waals surface area contributed by atoms with E-state index in [2.05, 4.69) is 20.2 Å². The lowest BCUT2D eigenvalue weighted by Crippen LogP contribution is -2.20. The van der Waals surface area contributed by atoms with Gasteiger partial charge in [0.1, 0.15) is 23.7 Å². The summed E-state index contributed by atoms with van der Waals surface area (Å²) >= 11 is 0. The van der Waals surface area contributed by atoms with E-state index < -0.39 is 12.8 Å². The molecule has 5 nitrogen and oxygen atoms in total. The van der Waals surface area contributed by atoms with E-state index in [-0.39, 0.29) is 5.75 Å². The Balaban J connectivity index is 1.64. The van der Waals surface area contributed by atoms with Gasteiger partial charge in [-0.1, -0.05) is 18.2 Å². The zero-order chi connectivity index (χ0) is 17.7. The molecule has 25 heavy (non-hydrogen) atoms. The average molecular weight is 352 g/mol. The van der Waals surface area contributed by atoms with E-state index in [0.717, 1.165) is 31.7 Å². The van der Waals surface area contributed by atoms with Crippen LogP contribution in [0.4, 0.5) is 24.8 Å². The molecule has 1 aromatic heterocycles. The standard InChI is InChI=1S/C17H19F3N4O/c18-17(19,20)11-25-14-6-2-1-5-13(14)10-21-15-9-16(23-12-22-15)24-7-3-4-8-24/h1-2,5-6,9,12H,3-4,7-8,10-11H2,(H,21,22,23). The van der Waals surface area contributed by atoms with Gasteiger partial charge in [0.25, 0.3) is 0 Å². The highest BCUT2D eigenvalue weighted by atomic mass is 19.4. The van der Waals surface area contributed by atoms with Crippen LogP contribution in [0.3, 0.4) is 0 Å². The molecule has 1 saturated heterocycles. The van der Waals surface area contributed by atoms with Crippen LogP contribution in [0.25, 0.3) is 0 Å². The van der Waals surface area contributed by atoms with E-state index >= 15 is 0 Å². The van der Waals surface area contributed by atoms with Gasteiger partial charge in [0, 0.05) is 31.3 Å². The summed E-state index contributed by atoms with van der Waals surface area (Å²) in [7, 11) is 0. The third kappa shape index (κ3) is 4.98. The van der Waals surface area contributed by atoms with Gasteiger partial charge in [-0.05, 0) is 18.9 Å². The summed E-state index contributed by atoms with van der Waals surface area (Å²) in [5.74, 6) is 1.69. The van der Waals surface area contributed by atoms with Gasteiger partial charge in [0.15, 0.2) is 6.61 Å². The maximum absolute atomic E-state index is 12.4. The number of aromatic nitrogens is 2. The third-order valence-electron chi connectivity index (χ3n) is 3.91. The highest BCUT2D eigenvalue weighted by Gasteiger charge is 2.28. The molecule has 1 aromatic carbocycles. The molecule has 1 N–H and O–H groups in total. The molecular weight excluding hydrogens is 333 g/mol. The Morgan fingerprint density at radius 2 is 1.88 bits per heavy atom. The number of ether oxygens (including phenoxy) is 1. The molecule has 3 rings (SSSR count). The van der Waals surface area contributed by atoms with Crippen molar-refractivity contribution >= 4 is 11.6 Å². The van der Waals surface area contributed by atoms with Crippen LogP contribution < -0.4 is 15.0 Å². The van der Waals surface area contributed by atoms with Crippen molar-refractivity contribution in [3.8, 4) is 5.75 Å². The molecule has 0 amide bonds. The minimum Gasteiger partial charge on any atom is -0.484 e. The maximum Gasteiger partial charge on any atom is 0.422 e. The highest BCUT2D eigenvalue weighted by molar-refractivity contribution is 5.49. The van der Waals surface area contributed by atoms with E-state index in [1.807, 2.05) is 6.07 Å². The van der Waals surface area contributed by atoms with E-state index in [9.17, 15) is 13.2 Å². The van der Waals surface area contributed by atoms with Gasteiger partial charge in [-0.15, -0.1) is 0 Å². The first-order chi connectivity index (χ1) is 12.0. The number of benzene rings is 1. The quantitative estimate of drug-likeness (QED) is 0.860. The van der Waals surface area contributed by atoms with E-state index in [1.54, 1.807) is 18.2 Å². The summed E-state index contributed by atoms with van der Waals surface area (Å²) in [5.41, 5.74) is 0.632. The summed E-state index contributed by atoms with van der Waals surface area (Å²) in [6.07, 6.45) is -0.576. The van der Waals surface area contributed by atoms with Crippen LogP contribution in [0.15, 0.2) is 36.7 Å². The van der Waals surface area contributed by atoms with Crippen LogP contribution in [0.1, 0.15) is 18.4 Å². The second-order valence-electron chi connectivity index (χ2n) is 5.82. The SMILES string of the molecule is FC(F)(F)COc1ccccc1CNc1cc(N2CCCC2)ncn1. The van der Waals surface area contributed by atoms with Gasteiger partial charge in [0.05, 0.1) is 0 Å². The topological polar surface area (TPSA) is 50.3 Å². The van der Waals surface area contributed by atoms with Crippen molar-refractivity contribution in [3.05, 3.63) is 42.2 Å². The van der Waals surface area contributed by atoms with Crippen LogP contribution in [0, 0.1) is 0 Å². The summed E-state index contributed by atoms with van der Waals surface area (Å²) in [6.45, 7) is 0.955. The molecule has 1 aliphatic rings. The van der Waals surface area contributed by atoms with Gasteiger partial charge >= 0.3 is 6.18 Å². The third-order valence-corrected chi connectivity index (χ3v) is 3.91. The predicted molar refractivity (Wildman–Crippen MR) is 88.8 cm³/mol. The number of hydrogen-bond donors (Lipinski definition) is 1. The Morgan fingerprint density at radius 3 is 2.64 bits per heavy atom. The Hall–Kier alpha value is -2.51. The summed E-state index contributed by atoms with van der Waals surface area (Å²) in [5, 5.41) is 3.12. The van der Waals surface area contributed by atoms with Crippen LogP contribution in [0.5, 0.6) is 5.75 Å². The average Bonchev–Trinajstić information content (AvgIpc) is 3.13. The molecule has 0 unspecified atom stereocenters. The van der Waals surface area contributed by atoms with Crippen LogP contribution in [-0.2, 0) is 6.54 Å². The minimum atomic E-state index is -4.36. The van der Waals surface area contributed by atoms with E-state index in [1.165, 1.54) is 12.4 Å². The normalized spacial score (nSPS) is 14.6. The Morgan fingerprint density at radius 1 is 1.12 bits per heavy atom. The molecule has 0 saturated carbocycles. The molecule has 1 fully saturated rings. The lowest BCUT2D eigenvalue weighted by Gasteiger charge is -2.17. The van der Waals surface area contributed by atoms with Crippen molar-refractivity contribution in [2.75, 3.05) is 29.9 Å². The first-order valence-electron chi connectivity index (χ1n) is 8.09. The smallest absolute Gasteiger partial charge is 0.422 e. The molecule has 2 heterocycles. The first-order valence-corrected chi connectivity index (χ1v) is 8.09. The van der Waals surface area contributed by atoms with Crippen LogP contribution >= 0.6 is 0 Å². The van der Waals surface area contributed by atoms with Crippen molar-refractivity contribution in [1.29, 1.82) is 0 Å². The lowest BCUT2D eigenvalue weighted by molar-refractivity contribution is -0.153. The zero-order valence-corrected chi connectivity index (χ0v) is 13.6. The number of hydrogen-bond acceptors (Lipinski definition) is 5. The molecule has 0 spiro atoms. The number of alkyl halides is 3. The van der Waals surface area contributed by atoms with Gasteiger partial charge in [-0.25, -0.2) is 9.97 Å². The molecule has 0 radical (unpaired) electrons. The lowest BCUT2D eigenvalue weighted by atomic mass is 10.2. The van der Waals surface area contributed by atoms with Gasteiger partial charge in [-0.2, -0.15) is 13.2 Å². The van der Waals surface area contributed by atoms with E-state index in [4.69, 9.17) is 4.74 Å². The highest BCUT2D eigenvalue weighted by Crippen LogP contribution is 2.24. The Labute approximate surface area is 143 Å². The summed E-state index contributed by atoms with van der Waals surface area (Å²) < 4.78 is 42.0. The zero-order valence-electron chi connectivity index (χ0n) is 13.6. The Kier molecular flexibility index (Phi) is 5.25. The molecule has 8 heteroatoms. The fourth-order valence-corrected chi connectivity index (χ4v) is 2.70. The largest absolute Gasteiger partial charge is 0.484 e. The molecule has 2 aromatic rings. The number of rotatable bonds is 6. The monoisotopic (exact) mass is 352 g/mol. The van der Waals surface area contributed by atoms with Crippen molar-refractivity contribution in [1.82, 2.24) is 9.97 Å². The molecule has 1 aliphatic heterocycles.